The van der Waals surface area contributed by atoms with Crippen LogP contribution in [0.2, 0.25) is 0 Å². The van der Waals surface area contributed by atoms with Crippen LogP contribution >= 0.6 is 11.8 Å². The van der Waals surface area contributed by atoms with Crippen LogP contribution in [0.3, 0.4) is 0 Å². The number of hydrogen-bond acceptors (Lipinski definition) is 2. The van der Waals surface area contributed by atoms with Crippen LogP contribution in [0.15, 0.2) is 24.3 Å². The van der Waals surface area contributed by atoms with Gasteiger partial charge in [-0.3, -0.25) is 0 Å². The minimum absolute atomic E-state index is 0.501. The first-order valence-corrected chi connectivity index (χ1v) is 6.60. The fourth-order valence-electron chi connectivity index (χ4n) is 1.85. The second-order valence-corrected chi connectivity index (χ2v) is 6.10. The summed E-state index contributed by atoms with van der Waals surface area (Å²) in [5.74, 6) is 0.627. The summed E-state index contributed by atoms with van der Waals surface area (Å²) in [4.78, 5) is 0. The van der Waals surface area contributed by atoms with Gasteiger partial charge in [0.2, 0.25) is 0 Å². The summed E-state index contributed by atoms with van der Waals surface area (Å²) in [7, 11) is 0. The van der Waals surface area contributed by atoms with E-state index in [0.717, 1.165) is 11.8 Å². The quantitative estimate of drug-likeness (QED) is 0.820. The summed E-state index contributed by atoms with van der Waals surface area (Å²) in [6.07, 6.45) is 0. The van der Waals surface area contributed by atoms with Crippen molar-refractivity contribution in [2.75, 3.05) is 6.54 Å². The van der Waals surface area contributed by atoms with Gasteiger partial charge in [-0.25, -0.2) is 0 Å². The summed E-state index contributed by atoms with van der Waals surface area (Å²) < 4.78 is 0. The van der Waals surface area contributed by atoms with Crippen LogP contribution in [-0.2, 0) is 0 Å². The molecule has 0 radical (unpaired) electrons. The molecule has 0 saturated carbocycles. The maximum Gasteiger partial charge on any atom is 0.0792 e. The van der Waals surface area contributed by atoms with Crippen LogP contribution in [0.4, 0.5) is 0 Å². The van der Waals surface area contributed by atoms with Crippen LogP contribution in [0.5, 0.6) is 0 Å². The molecular weight excluding hydrogens is 202 g/mol. The normalized spacial score (nSPS) is 26.1. The molecular formula is C13H19NS. The zero-order valence-electron chi connectivity index (χ0n) is 9.66. The summed E-state index contributed by atoms with van der Waals surface area (Å²) in [6, 6.07) is 9.03. The summed E-state index contributed by atoms with van der Waals surface area (Å²) in [6.45, 7) is 7.88. The maximum absolute atomic E-state index is 3.53. The molecule has 1 fully saturated rings. The molecule has 1 aromatic rings. The fraction of sp³-hybridized carbons (Fsp3) is 0.538. The second kappa shape index (κ2) is 4.58. The molecule has 2 rings (SSSR count). The van der Waals surface area contributed by atoms with E-state index >= 15 is 0 Å². The lowest BCUT2D eigenvalue weighted by Crippen LogP contribution is -2.13. The average Bonchev–Trinajstić information content (AvgIpc) is 2.65. The Hall–Kier alpha value is -0.470. The van der Waals surface area contributed by atoms with Crippen molar-refractivity contribution >= 4 is 11.8 Å². The third-order valence-corrected chi connectivity index (χ3v) is 4.21. The summed E-state index contributed by atoms with van der Waals surface area (Å²) >= 11 is 2.02. The number of nitrogens with one attached hydrogen (secondary N) is 1. The van der Waals surface area contributed by atoms with Crippen molar-refractivity contribution in [1.29, 1.82) is 0 Å². The smallest absolute Gasteiger partial charge is 0.0792 e. The van der Waals surface area contributed by atoms with E-state index in [0.29, 0.717) is 11.3 Å². The molecule has 0 amide bonds. The van der Waals surface area contributed by atoms with Crippen molar-refractivity contribution in [3.05, 3.63) is 35.4 Å². The first-order chi connectivity index (χ1) is 7.16. The summed E-state index contributed by atoms with van der Waals surface area (Å²) in [5.41, 5.74) is 2.84. The van der Waals surface area contributed by atoms with Crippen molar-refractivity contribution in [1.82, 2.24) is 5.32 Å². The molecule has 1 aliphatic heterocycles. The Morgan fingerprint density at radius 3 is 2.40 bits per heavy atom. The van der Waals surface area contributed by atoms with Gasteiger partial charge in [-0.1, -0.05) is 45.0 Å². The van der Waals surface area contributed by atoms with E-state index in [-0.39, 0.29) is 0 Å². The van der Waals surface area contributed by atoms with E-state index in [1.54, 1.807) is 0 Å². The van der Waals surface area contributed by atoms with Crippen LogP contribution in [0.25, 0.3) is 0 Å². The van der Waals surface area contributed by atoms with Gasteiger partial charge in [-0.15, -0.1) is 11.8 Å². The Bertz CT molecular complexity index is 318. The van der Waals surface area contributed by atoms with Gasteiger partial charge in [0, 0.05) is 11.8 Å². The Morgan fingerprint density at radius 1 is 1.27 bits per heavy atom. The van der Waals surface area contributed by atoms with Gasteiger partial charge in [0.25, 0.3) is 0 Å². The first-order valence-electron chi connectivity index (χ1n) is 5.65. The van der Waals surface area contributed by atoms with Crippen LogP contribution in [-0.4, -0.2) is 11.8 Å². The van der Waals surface area contributed by atoms with Gasteiger partial charge in [-0.2, -0.15) is 0 Å². The van der Waals surface area contributed by atoms with Gasteiger partial charge >= 0.3 is 0 Å². The van der Waals surface area contributed by atoms with Crippen LogP contribution < -0.4 is 5.32 Å². The number of hydrogen-bond donors (Lipinski definition) is 1. The molecule has 1 N–H and O–H groups in total. The zero-order valence-corrected chi connectivity index (χ0v) is 10.5. The van der Waals surface area contributed by atoms with Crippen LogP contribution in [0, 0.1) is 0 Å². The molecule has 0 bridgehead atoms. The Labute approximate surface area is 96.7 Å². The van der Waals surface area contributed by atoms with E-state index in [4.69, 9.17) is 0 Å². The van der Waals surface area contributed by atoms with Crippen molar-refractivity contribution in [3.63, 3.8) is 0 Å². The van der Waals surface area contributed by atoms with Gasteiger partial charge in [-0.05, 0) is 17.0 Å². The fourth-order valence-corrected chi connectivity index (χ4v) is 3.02. The second-order valence-electron chi connectivity index (χ2n) is 4.56. The molecule has 0 aromatic heterocycles. The van der Waals surface area contributed by atoms with Crippen molar-refractivity contribution in [2.45, 2.75) is 37.3 Å². The molecule has 82 valence electrons. The van der Waals surface area contributed by atoms with Crippen molar-refractivity contribution < 1.29 is 0 Å². The first kappa shape index (κ1) is 11.0. The van der Waals surface area contributed by atoms with E-state index in [9.17, 15) is 0 Å². The highest BCUT2D eigenvalue weighted by Gasteiger charge is 2.22. The third-order valence-electron chi connectivity index (χ3n) is 2.86. The lowest BCUT2D eigenvalue weighted by atomic mass is 10.0. The predicted molar refractivity (Wildman–Crippen MR) is 68.3 cm³/mol. The maximum atomic E-state index is 3.53. The Balaban J connectivity index is 2.10. The van der Waals surface area contributed by atoms with Crippen LogP contribution in [0.1, 0.15) is 43.2 Å². The zero-order chi connectivity index (χ0) is 10.8. The average molecular weight is 221 g/mol. The molecule has 1 nitrogen and oxygen atoms in total. The van der Waals surface area contributed by atoms with Gasteiger partial charge in [0.05, 0.1) is 5.37 Å². The number of benzene rings is 1. The molecule has 0 aliphatic carbocycles. The topological polar surface area (TPSA) is 12.0 Å². The van der Waals surface area contributed by atoms with E-state index < -0.39 is 0 Å². The minimum Gasteiger partial charge on any atom is -0.301 e. The molecule has 1 saturated heterocycles. The molecule has 1 heterocycles. The molecule has 0 spiro atoms. The van der Waals surface area contributed by atoms with E-state index in [1.807, 2.05) is 11.8 Å². The standard InChI is InChI=1S/C13H19NS/c1-9(2)11-4-6-12(7-5-11)13-14-8-10(3)15-13/h4-7,9-10,13-14H,8H2,1-3H3. The van der Waals surface area contributed by atoms with E-state index in [2.05, 4.69) is 50.4 Å². The molecule has 2 unspecified atom stereocenters. The lowest BCUT2D eigenvalue weighted by molar-refractivity contribution is 0.717. The molecule has 15 heavy (non-hydrogen) atoms. The number of rotatable bonds is 2. The van der Waals surface area contributed by atoms with Crippen molar-refractivity contribution in [2.24, 2.45) is 0 Å². The van der Waals surface area contributed by atoms with E-state index in [1.165, 1.54) is 11.1 Å². The number of thioether (sulfide) groups is 1. The molecule has 2 atom stereocenters. The summed E-state index contributed by atoms with van der Waals surface area (Å²) in [5, 5.41) is 4.77. The largest absolute Gasteiger partial charge is 0.301 e. The highest BCUT2D eigenvalue weighted by molar-refractivity contribution is 8.00. The molecule has 2 heteroatoms. The van der Waals surface area contributed by atoms with Crippen molar-refractivity contribution in [3.8, 4) is 0 Å². The SMILES string of the molecule is CC1CNC(c2ccc(C(C)C)cc2)S1. The highest BCUT2D eigenvalue weighted by Crippen LogP contribution is 2.34. The Kier molecular flexibility index (Phi) is 3.37. The lowest BCUT2D eigenvalue weighted by Gasteiger charge is -2.12. The van der Waals surface area contributed by atoms with Gasteiger partial charge in [0.15, 0.2) is 0 Å². The minimum atomic E-state index is 0.501. The molecule has 1 aliphatic rings. The highest BCUT2D eigenvalue weighted by atomic mass is 32.2. The monoisotopic (exact) mass is 221 g/mol. The Morgan fingerprint density at radius 2 is 1.93 bits per heavy atom. The molecule has 1 aromatic carbocycles. The van der Waals surface area contributed by atoms with Gasteiger partial charge in [0.1, 0.15) is 0 Å². The predicted octanol–water partition coefficient (Wildman–Crippen LogP) is 3.53. The van der Waals surface area contributed by atoms with Gasteiger partial charge < -0.3 is 5.32 Å². The third kappa shape index (κ3) is 2.56.